The van der Waals surface area contributed by atoms with Gasteiger partial charge in [-0.15, -0.1) is 0 Å². The molecule has 1 N–H and O–H groups in total. The third-order valence-electron chi connectivity index (χ3n) is 5.64. The molecule has 210 valence electrons. The molecule has 2 aromatic heterocycles. The highest BCUT2D eigenvalue weighted by molar-refractivity contribution is 5.92. The van der Waals surface area contributed by atoms with Crippen molar-refractivity contribution in [3.05, 3.63) is 48.4 Å². The molecule has 0 aliphatic carbocycles. The van der Waals surface area contributed by atoms with Crippen LogP contribution in [0.4, 0.5) is 5.69 Å². The number of ether oxygens (including phenoxy) is 6. The van der Waals surface area contributed by atoms with Crippen molar-refractivity contribution < 1.29 is 33.5 Å². The number of nitrogens with zero attached hydrogens (tertiary/aromatic N) is 4. The van der Waals surface area contributed by atoms with Crippen molar-refractivity contribution >= 4 is 16.7 Å². The van der Waals surface area contributed by atoms with Crippen molar-refractivity contribution in [2.45, 2.75) is 51.9 Å². The van der Waals surface area contributed by atoms with Crippen molar-refractivity contribution in [2.75, 3.05) is 53.0 Å². The van der Waals surface area contributed by atoms with Gasteiger partial charge in [0.25, 0.3) is 0 Å². The molecule has 0 bridgehead atoms. The van der Waals surface area contributed by atoms with Crippen molar-refractivity contribution in [3.63, 3.8) is 0 Å². The van der Waals surface area contributed by atoms with Crippen LogP contribution in [0.25, 0.3) is 11.0 Å². The fourth-order valence-corrected chi connectivity index (χ4v) is 3.92. The Morgan fingerprint density at radius 3 is 2.32 bits per heavy atom. The summed E-state index contributed by atoms with van der Waals surface area (Å²) >= 11 is 0. The molecule has 1 aromatic carbocycles. The van der Waals surface area contributed by atoms with Gasteiger partial charge in [-0.3, -0.25) is 0 Å². The number of methoxy groups -OCH3 is 2. The molecule has 0 saturated carbocycles. The van der Waals surface area contributed by atoms with Crippen LogP contribution in [0.15, 0.2) is 42.9 Å². The lowest BCUT2D eigenvalue weighted by Crippen LogP contribution is -2.47. The highest BCUT2D eigenvalue weighted by atomic mass is 16.7. The third kappa shape index (κ3) is 8.35. The van der Waals surface area contributed by atoms with Crippen LogP contribution in [0.3, 0.4) is 0 Å². The van der Waals surface area contributed by atoms with Crippen molar-refractivity contribution in [1.82, 2.24) is 14.5 Å². The normalized spacial score (nSPS) is 13.6. The van der Waals surface area contributed by atoms with Gasteiger partial charge in [0.05, 0.1) is 37.7 Å². The van der Waals surface area contributed by atoms with Gasteiger partial charge in [0.2, 0.25) is 5.88 Å². The van der Waals surface area contributed by atoms with E-state index in [9.17, 15) is 5.11 Å². The maximum absolute atomic E-state index is 11.0. The Bertz CT molecular complexity index is 1100. The average Bonchev–Trinajstić information content (AvgIpc) is 3.26. The molecular weight excluding hydrogens is 492 g/mol. The van der Waals surface area contributed by atoms with Crippen LogP contribution in [0.1, 0.15) is 26.3 Å². The standard InChI is InChI=1S/C27H40N4O7/c1-27(2,3)38-26-25-24(28-16-29-26)21(12-31(25)17-35-13-20-10-8-7-9-11-20)30(4)22(14-36-18-33-5)23(32)15-37-19-34-6/h7-12,16,22-23,32H,13-15,17-19H2,1-6H3. The number of fused-ring (bicyclic) bond motifs is 1. The minimum Gasteiger partial charge on any atom is -0.470 e. The van der Waals surface area contributed by atoms with Gasteiger partial charge in [0.15, 0.2) is 0 Å². The van der Waals surface area contributed by atoms with Gasteiger partial charge in [0.1, 0.15) is 43.3 Å². The molecule has 0 fully saturated rings. The second kappa shape index (κ2) is 14.4. The summed E-state index contributed by atoms with van der Waals surface area (Å²) in [6.45, 7) is 7.00. The molecule has 0 spiro atoms. The van der Waals surface area contributed by atoms with Crippen LogP contribution in [-0.2, 0) is 37.0 Å². The molecule has 3 rings (SSSR count). The summed E-state index contributed by atoms with van der Waals surface area (Å²) in [6.07, 6.45) is 2.52. The summed E-state index contributed by atoms with van der Waals surface area (Å²) in [7, 11) is 4.95. The van der Waals surface area contributed by atoms with E-state index in [1.54, 1.807) is 7.11 Å². The van der Waals surface area contributed by atoms with E-state index in [0.717, 1.165) is 11.3 Å². The number of likely N-dealkylation sites (N-methyl/N-ethyl adjacent to an activating group) is 1. The van der Waals surface area contributed by atoms with Crippen molar-refractivity contribution in [1.29, 1.82) is 0 Å². The zero-order valence-corrected chi connectivity index (χ0v) is 23.1. The van der Waals surface area contributed by atoms with E-state index >= 15 is 0 Å². The van der Waals surface area contributed by atoms with Crippen LogP contribution in [0.2, 0.25) is 0 Å². The van der Waals surface area contributed by atoms with Gasteiger partial charge >= 0.3 is 0 Å². The largest absolute Gasteiger partial charge is 0.470 e. The summed E-state index contributed by atoms with van der Waals surface area (Å²) in [4.78, 5) is 10.9. The maximum atomic E-state index is 11.0. The summed E-state index contributed by atoms with van der Waals surface area (Å²) in [5, 5.41) is 11.0. The van der Waals surface area contributed by atoms with Crippen LogP contribution in [0, 0.1) is 0 Å². The van der Waals surface area contributed by atoms with E-state index in [4.69, 9.17) is 28.4 Å². The monoisotopic (exact) mass is 532 g/mol. The Labute approximate surface area is 224 Å². The molecule has 38 heavy (non-hydrogen) atoms. The molecule has 11 heteroatoms. The molecular formula is C27H40N4O7. The molecule has 0 amide bonds. The fourth-order valence-electron chi connectivity index (χ4n) is 3.92. The first-order chi connectivity index (χ1) is 18.2. The van der Waals surface area contributed by atoms with E-state index in [0.29, 0.717) is 23.5 Å². The third-order valence-corrected chi connectivity index (χ3v) is 5.64. The lowest BCUT2D eigenvalue weighted by molar-refractivity contribution is -0.0826. The number of aliphatic hydroxyl groups excluding tert-OH is 1. The molecule has 2 atom stereocenters. The average molecular weight is 533 g/mol. The van der Waals surface area contributed by atoms with E-state index in [1.165, 1.54) is 13.4 Å². The first kappa shape index (κ1) is 29.8. The van der Waals surface area contributed by atoms with Gasteiger partial charge in [-0.05, 0) is 26.3 Å². The van der Waals surface area contributed by atoms with Crippen molar-refractivity contribution in [2.24, 2.45) is 0 Å². The first-order valence-corrected chi connectivity index (χ1v) is 12.4. The topological polar surface area (TPSA) is 110 Å². The predicted octanol–water partition coefficient (Wildman–Crippen LogP) is 3.19. The highest BCUT2D eigenvalue weighted by Crippen LogP contribution is 2.34. The van der Waals surface area contributed by atoms with E-state index < -0.39 is 17.7 Å². The second-order valence-electron chi connectivity index (χ2n) is 9.84. The van der Waals surface area contributed by atoms with Gasteiger partial charge in [-0.25, -0.2) is 4.98 Å². The molecule has 0 radical (unpaired) electrons. The van der Waals surface area contributed by atoms with E-state index in [1.807, 2.05) is 73.8 Å². The smallest absolute Gasteiger partial charge is 0.242 e. The Morgan fingerprint density at radius 1 is 0.974 bits per heavy atom. The molecule has 0 saturated heterocycles. The number of anilines is 1. The lowest BCUT2D eigenvalue weighted by atomic mass is 10.1. The minimum absolute atomic E-state index is 0.0609. The molecule has 2 heterocycles. The van der Waals surface area contributed by atoms with Crippen LogP contribution in [0.5, 0.6) is 5.88 Å². The maximum Gasteiger partial charge on any atom is 0.242 e. The SMILES string of the molecule is COCOCC(O)C(COCOC)N(C)c1cn(COCc2ccccc2)c2c(OC(C)(C)C)ncnc12. The van der Waals surface area contributed by atoms with Gasteiger partial charge in [-0.2, -0.15) is 4.98 Å². The number of rotatable bonds is 16. The van der Waals surface area contributed by atoms with E-state index in [2.05, 4.69) is 9.97 Å². The zero-order chi connectivity index (χ0) is 27.5. The highest BCUT2D eigenvalue weighted by Gasteiger charge is 2.29. The summed E-state index contributed by atoms with van der Waals surface area (Å²) in [5.41, 5.74) is 2.70. The quantitative estimate of drug-likeness (QED) is 0.218. The van der Waals surface area contributed by atoms with Crippen molar-refractivity contribution in [3.8, 4) is 5.88 Å². The number of hydrogen-bond acceptors (Lipinski definition) is 10. The fraction of sp³-hybridized carbons (Fsp3) is 0.556. The number of aromatic nitrogens is 3. The predicted molar refractivity (Wildman–Crippen MR) is 143 cm³/mol. The summed E-state index contributed by atoms with van der Waals surface area (Å²) < 4.78 is 35.2. The Balaban J connectivity index is 1.95. The van der Waals surface area contributed by atoms with Crippen LogP contribution >= 0.6 is 0 Å². The Morgan fingerprint density at radius 2 is 1.66 bits per heavy atom. The first-order valence-electron chi connectivity index (χ1n) is 12.4. The van der Waals surface area contributed by atoms with E-state index in [-0.39, 0.29) is 33.5 Å². The number of aliphatic hydroxyl groups is 1. The lowest BCUT2D eigenvalue weighted by Gasteiger charge is -2.32. The molecule has 2 unspecified atom stereocenters. The molecule has 11 nitrogen and oxygen atoms in total. The van der Waals surface area contributed by atoms with Crippen LogP contribution < -0.4 is 9.64 Å². The van der Waals surface area contributed by atoms with Crippen LogP contribution in [-0.4, -0.2) is 85.5 Å². The molecule has 0 aliphatic rings. The summed E-state index contributed by atoms with van der Waals surface area (Å²) in [5.74, 6) is 0.446. The number of hydrogen-bond donors (Lipinski definition) is 1. The van der Waals surface area contributed by atoms with Gasteiger partial charge in [0, 0.05) is 27.5 Å². The minimum atomic E-state index is -0.883. The zero-order valence-electron chi connectivity index (χ0n) is 23.1. The van der Waals surface area contributed by atoms with Gasteiger partial charge in [-0.1, -0.05) is 30.3 Å². The Hall–Kier alpha value is -2.80. The second-order valence-corrected chi connectivity index (χ2v) is 9.84. The summed E-state index contributed by atoms with van der Waals surface area (Å²) in [6, 6.07) is 9.48. The number of benzene rings is 1. The molecule has 3 aromatic rings. The molecule has 0 aliphatic heterocycles. The van der Waals surface area contributed by atoms with Gasteiger partial charge < -0.3 is 43.0 Å². The Kier molecular flexibility index (Phi) is 11.3.